The summed E-state index contributed by atoms with van der Waals surface area (Å²) in [6.45, 7) is 0.595. The summed E-state index contributed by atoms with van der Waals surface area (Å²) in [5, 5.41) is 14.8. The topological polar surface area (TPSA) is 106 Å². The van der Waals surface area contributed by atoms with Crippen LogP contribution in [0.3, 0.4) is 0 Å². The van der Waals surface area contributed by atoms with Crippen molar-refractivity contribution in [2.24, 2.45) is 5.92 Å². The zero-order chi connectivity index (χ0) is 27.0. The number of piperidine rings is 1. The molecule has 3 atom stereocenters. The molecule has 0 unspecified atom stereocenters. The van der Waals surface area contributed by atoms with Gasteiger partial charge in [0.05, 0.1) is 20.3 Å². The molecule has 3 heterocycles. The lowest BCUT2D eigenvalue weighted by molar-refractivity contribution is 0.0191. The second kappa shape index (κ2) is 9.18. The third-order valence-corrected chi connectivity index (χ3v) is 9.40. The van der Waals surface area contributed by atoms with Crippen LogP contribution in [0.2, 0.25) is 10.0 Å². The molecule has 2 aromatic carbocycles. The maximum absolute atomic E-state index is 14.5. The molecule has 2 saturated carbocycles. The first kappa shape index (κ1) is 24.8. The average Bonchev–Trinajstić information content (AvgIpc) is 3.23. The Hall–Kier alpha value is -3.21. The molecular weight excluding hydrogens is 568 g/mol. The average molecular weight is 588 g/mol. The van der Waals surface area contributed by atoms with Gasteiger partial charge in [-0.15, -0.1) is 0 Å². The summed E-state index contributed by atoms with van der Waals surface area (Å²) < 4.78 is 26.7. The molecule has 3 fully saturated rings. The van der Waals surface area contributed by atoms with Crippen molar-refractivity contribution in [2.45, 2.75) is 43.7 Å². The van der Waals surface area contributed by atoms with Gasteiger partial charge in [-0.2, -0.15) is 0 Å². The fourth-order valence-corrected chi connectivity index (χ4v) is 7.40. The predicted octanol–water partition coefficient (Wildman–Crippen LogP) is 6.80. The SMILES string of the molecule is O=C(O)c1cc(F)c2nc(N3C[C@@H]4C[C@H]3C[C@H]4OC(=O)c3c(-c4c(Cl)cccc4Cl)noc3C3CC3)sc2c1. The molecule has 39 heavy (non-hydrogen) atoms. The van der Waals surface area contributed by atoms with Crippen LogP contribution in [-0.4, -0.2) is 45.9 Å². The number of esters is 1. The van der Waals surface area contributed by atoms with Crippen LogP contribution in [0.1, 0.15) is 58.1 Å². The number of anilines is 1. The molecule has 1 aliphatic heterocycles. The monoisotopic (exact) mass is 587 g/mol. The number of carboxylic acids is 1. The normalized spacial score (nSPS) is 22.1. The van der Waals surface area contributed by atoms with Gasteiger partial charge in [-0.05, 0) is 43.5 Å². The van der Waals surface area contributed by atoms with E-state index < -0.39 is 17.8 Å². The Morgan fingerprint density at radius 3 is 2.62 bits per heavy atom. The Bertz CT molecular complexity index is 1650. The molecule has 2 bridgehead atoms. The van der Waals surface area contributed by atoms with Gasteiger partial charge in [-0.3, -0.25) is 0 Å². The molecule has 2 aliphatic carbocycles. The summed E-state index contributed by atoms with van der Waals surface area (Å²) in [6.07, 6.45) is 2.91. The maximum atomic E-state index is 14.5. The van der Waals surface area contributed by atoms with Gasteiger partial charge in [0.15, 0.2) is 16.7 Å². The predicted molar refractivity (Wildman–Crippen MR) is 144 cm³/mol. The first-order valence-electron chi connectivity index (χ1n) is 12.5. The summed E-state index contributed by atoms with van der Waals surface area (Å²) in [5.41, 5.74) is 1.07. The van der Waals surface area contributed by atoms with Crippen LogP contribution in [0.5, 0.6) is 0 Å². The fraction of sp³-hybridized carbons (Fsp3) is 0.333. The van der Waals surface area contributed by atoms with Crippen molar-refractivity contribution in [2.75, 3.05) is 11.4 Å². The maximum Gasteiger partial charge on any atom is 0.344 e. The minimum absolute atomic E-state index is 0.0678. The third-order valence-electron chi connectivity index (χ3n) is 7.74. The zero-order valence-electron chi connectivity index (χ0n) is 20.2. The molecule has 8 nitrogen and oxygen atoms in total. The van der Waals surface area contributed by atoms with E-state index in [1.807, 2.05) is 0 Å². The van der Waals surface area contributed by atoms with Crippen molar-refractivity contribution < 1.29 is 28.3 Å². The number of aromatic nitrogens is 2. The number of carbonyl (C=O) groups excluding carboxylic acids is 1. The van der Waals surface area contributed by atoms with E-state index in [0.717, 1.165) is 25.3 Å². The Morgan fingerprint density at radius 2 is 1.95 bits per heavy atom. The van der Waals surface area contributed by atoms with E-state index in [2.05, 4.69) is 15.0 Å². The first-order valence-corrected chi connectivity index (χ1v) is 14.1. The highest BCUT2D eigenvalue weighted by molar-refractivity contribution is 7.22. The van der Waals surface area contributed by atoms with Gasteiger partial charge in [-0.1, -0.05) is 45.8 Å². The summed E-state index contributed by atoms with van der Waals surface area (Å²) in [4.78, 5) is 31.5. The van der Waals surface area contributed by atoms with E-state index in [-0.39, 0.29) is 40.6 Å². The number of carboxylic acid groups (broad SMARTS) is 1. The largest absolute Gasteiger partial charge is 0.478 e. The van der Waals surface area contributed by atoms with E-state index in [4.69, 9.17) is 32.5 Å². The highest BCUT2D eigenvalue weighted by Crippen LogP contribution is 2.48. The van der Waals surface area contributed by atoms with E-state index in [1.165, 1.54) is 17.4 Å². The molecule has 1 N–H and O–H groups in total. The molecule has 1 saturated heterocycles. The number of hydrogen-bond donors (Lipinski definition) is 1. The van der Waals surface area contributed by atoms with Crippen LogP contribution in [0, 0.1) is 11.7 Å². The number of thiazole rings is 1. The zero-order valence-corrected chi connectivity index (χ0v) is 22.5. The number of ether oxygens (including phenoxy) is 1. The quantitative estimate of drug-likeness (QED) is 0.245. The molecule has 200 valence electrons. The summed E-state index contributed by atoms with van der Waals surface area (Å²) in [5.74, 6) is -1.65. The molecule has 4 aromatic rings. The number of carbonyl (C=O) groups is 2. The van der Waals surface area contributed by atoms with Crippen molar-refractivity contribution in [3.8, 4) is 11.3 Å². The second-order valence-corrected chi connectivity index (χ2v) is 12.1. The molecular formula is C27H20Cl2FN3O5S. The first-order chi connectivity index (χ1) is 18.8. The Balaban J connectivity index is 1.12. The Morgan fingerprint density at radius 1 is 1.18 bits per heavy atom. The van der Waals surface area contributed by atoms with Gasteiger partial charge < -0.3 is 19.3 Å². The highest BCUT2D eigenvalue weighted by Gasteiger charge is 2.48. The molecule has 0 radical (unpaired) electrons. The Kier molecular flexibility index (Phi) is 5.84. The van der Waals surface area contributed by atoms with Crippen molar-refractivity contribution in [3.05, 3.63) is 63.1 Å². The van der Waals surface area contributed by atoms with Crippen molar-refractivity contribution in [3.63, 3.8) is 0 Å². The van der Waals surface area contributed by atoms with E-state index in [1.54, 1.807) is 18.2 Å². The van der Waals surface area contributed by atoms with Gasteiger partial charge in [0.1, 0.15) is 22.9 Å². The summed E-state index contributed by atoms with van der Waals surface area (Å²) in [7, 11) is 0. The number of hydrogen-bond acceptors (Lipinski definition) is 8. The number of halogens is 3. The highest BCUT2D eigenvalue weighted by atomic mass is 35.5. The van der Waals surface area contributed by atoms with Gasteiger partial charge in [-0.25, -0.2) is 19.0 Å². The lowest BCUT2D eigenvalue weighted by Gasteiger charge is -2.31. The second-order valence-electron chi connectivity index (χ2n) is 10.2. The fourth-order valence-electron chi connectivity index (χ4n) is 5.72. The standard InChI is InChI=1S/C27H20Cl2FN3O5S/c28-15-2-1-3-16(29)20(15)23-21(24(38-32-23)11-4-5-11)26(36)37-18-9-14-6-13(18)10-33(14)27-31-22-17(30)7-12(25(34)35)8-19(22)39-27/h1-3,7-8,11,13-14,18H,4-6,9-10H2,(H,34,35)/t13-,14-,18+/m0/s1. The molecule has 7 rings (SSSR count). The molecule has 2 aromatic heterocycles. The van der Waals surface area contributed by atoms with E-state index in [9.17, 15) is 19.1 Å². The van der Waals surface area contributed by atoms with Gasteiger partial charge in [0.25, 0.3) is 0 Å². The van der Waals surface area contributed by atoms with Gasteiger partial charge in [0.2, 0.25) is 0 Å². The van der Waals surface area contributed by atoms with E-state index >= 15 is 0 Å². The van der Waals surface area contributed by atoms with Crippen LogP contribution in [-0.2, 0) is 4.74 Å². The molecule has 0 spiro atoms. The minimum atomic E-state index is -1.19. The number of rotatable bonds is 6. The summed E-state index contributed by atoms with van der Waals surface area (Å²) >= 11 is 14.1. The van der Waals surface area contributed by atoms with Crippen LogP contribution in [0.4, 0.5) is 9.52 Å². The molecule has 0 amide bonds. The smallest absolute Gasteiger partial charge is 0.344 e. The van der Waals surface area contributed by atoms with Crippen LogP contribution in [0.25, 0.3) is 21.5 Å². The lowest BCUT2D eigenvalue weighted by atomic mass is 10.0. The molecule has 12 heteroatoms. The van der Waals surface area contributed by atoms with Gasteiger partial charge in [0, 0.05) is 36.4 Å². The van der Waals surface area contributed by atoms with Crippen LogP contribution in [0.15, 0.2) is 34.9 Å². The Labute approximate surface area is 235 Å². The van der Waals surface area contributed by atoms with Crippen LogP contribution >= 0.6 is 34.5 Å². The van der Waals surface area contributed by atoms with Crippen LogP contribution < -0.4 is 4.90 Å². The molecule has 3 aliphatic rings. The summed E-state index contributed by atoms with van der Waals surface area (Å²) in [6, 6.07) is 7.59. The number of aromatic carboxylic acids is 1. The number of nitrogens with zero attached hydrogens (tertiary/aromatic N) is 3. The van der Waals surface area contributed by atoms with E-state index in [0.29, 0.717) is 49.9 Å². The number of benzene rings is 2. The number of fused-ring (bicyclic) bond motifs is 3. The minimum Gasteiger partial charge on any atom is -0.478 e. The van der Waals surface area contributed by atoms with Crippen molar-refractivity contribution >= 4 is 61.8 Å². The van der Waals surface area contributed by atoms with Crippen molar-refractivity contribution in [1.82, 2.24) is 10.1 Å². The lowest BCUT2D eigenvalue weighted by Crippen LogP contribution is -2.39. The van der Waals surface area contributed by atoms with Gasteiger partial charge >= 0.3 is 11.9 Å². The third kappa shape index (κ3) is 4.16. The van der Waals surface area contributed by atoms with Crippen molar-refractivity contribution in [1.29, 1.82) is 0 Å².